The molecule has 1 saturated heterocycles. The summed E-state index contributed by atoms with van der Waals surface area (Å²) in [6, 6.07) is 8.01. The van der Waals surface area contributed by atoms with Gasteiger partial charge in [0.2, 0.25) is 0 Å². The average molecular weight is 629 g/mol. The molecule has 1 aromatic rings. The van der Waals surface area contributed by atoms with Gasteiger partial charge in [-0.25, -0.2) is 4.79 Å². The third-order valence-electron chi connectivity index (χ3n) is 10.5. The van der Waals surface area contributed by atoms with Gasteiger partial charge in [-0.1, -0.05) is 32.0 Å². The van der Waals surface area contributed by atoms with Crippen LogP contribution in [0.15, 0.2) is 41.5 Å². The Morgan fingerprint density at radius 1 is 0.933 bits per heavy atom. The van der Waals surface area contributed by atoms with Gasteiger partial charge in [0, 0.05) is 39.0 Å². The van der Waals surface area contributed by atoms with Crippen LogP contribution in [-0.4, -0.2) is 88.2 Å². The molecule has 1 unspecified atom stereocenters. The van der Waals surface area contributed by atoms with E-state index in [1.165, 1.54) is 32.9 Å². The van der Waals surface area contributed by atoms with Gasteiger partial charge in [0.25, 0.3) is 0 Å². The van der Waals surface area contributed by atoms with Crippen LogP contribution in [0.3, 0.4) is 0 Å². The largest absolute Gasteiger partial charge is 0.458 e. The standard InChI is InChI=1S/C33H40O12/c1-16-21(42-17(2)34)14-33(40)28(44-29(39)20-11-9-8-10-12-20)26-31(7,22(37)13-23-32(26,15-41-23)45-19(4)36)27(38)25(43-18(3)35)24(16)30(33,5)6/h8-12,21-23,25-26,28,37,40H,13-15H2,1-7H3/t21-,22-,23+,25+,26?,28-,31+,32-,33+/m0/s1. The van der Waals surface area contributed by atoms with Gasteiger partial charge in [-0.2, -0.15) is 0 Å². The summed E-state index contributed by atoms with van der Waals surface area (Å²) in [5.41, 5.74) is -6.50. The number of aliphatic hydroxyl groups excluding tert-OH is 1. The van der Waals surface area contributed by atoms with Crippen LogP contribution in [0.5, 0.6) is 0 Å². The molecular formula is C33H40O12. The number of rotatable bonds is 5. The molecular weight excluding hydrogens is 588 g/mol. The molecule has 0 amide bonds. The van der Waals surface area contributed by atoms with E-state index in [-0.39, 0.29) is 30.6 Å². The lowest BCUT2D eigenvalue weighted by molar-refractivity contribution is -0.346. The van der Waals surface area contributed by atoms with Gasteiger partial charge >= 0.3 is 23.9 Å². The normalized spacial score (nSPS) is 38.3. The number of hydrogen-bond acceptors (Lipinski definition) is 12. The summed E-state index contributed by atoms with van der Waals surface area (Å²) < 4.78 is 29.4. The molecule has 1 aromatic carbocycles. The number of fused-ring (bicyclic) bond motifs is 5. The van der Waals surface area contributed by atoms with E-state index in [1.807, 2.05) is 0 Å². The van der Waals surface area contributed by atoms with Crippen molar-refractivity contribution in [3.8, 4) is 0 Å². The maximum atomic E-state index is 15.0. The van der Waals surface area contributed by atoms with E-state index >= 15 is 0 Å². The summed E-state index contributed by atoms with van der Waals surface area (Å²) in [7, 11) is 0. The summed E-state index contributed by atoms with van der Waals surface area (Å²) in [6.45, 7) is 9.60. The third-order valence-corrected chi connectivity index (χ3v) is 10.5. The SMILES string of the molecule is CC(=O)O[C@H]1C(=O)[C@@]2(C)C([C@H](OC(=O)c3ccccc3)[C@]3(O)C[C@H](OC(C)=O)C(C)=C1C3(C)C)[C@]1(OC(C)=O)CO[C@@H]1C[C@@H]2O. The average Bonchev–Trinajstić information content (AvgIpc) is 2.94. The fourth-order valence-electron chi connectivity index (χ4n) is 8.22. The summed E-state index contributed by atoms with van der Waals surface area (Å²) in [5, 5.41) is 24.9. The quantitative estimate of drug-likeness (QED) is 0.277. The first-order valence-corrected chi connectivity index (χ1v) is 15.0. The predicted molar refractivity (Wildman–Crippen MR) is 154 cm³/mol. The number of carbonyl (C=O) groups excluding carboxylic acids is 5. The van der Waals surface area contributed by atoms with Crippen molar-refractivity contribution in [1.29, 1.82) is 0 Å². The predicted octanol–water partition coefficient (Wildman–Crippen LogP) is 2.22. The van der Waals surface area contributed by atoms with Gasteiger partial charge in [-0.05, 0) is 37.1 Å². The van der Waals surface area contributed by atoms with E-state index in [4.69, 9.17) is 23.7 Å². The Bertz CT molecular complexity index is 1460. The molecule has 12 heteroatoms. The number of ether oxygens (including phenoxy) is 5. The molecule has 5 rings (SSSR count). The third kappa shape index (κ3) is 4.80. The van der Waals surface area contributed by atoms with Crippen molar-refractivity contribution in [2.45, 2.75) is 103 Å². The Morgan fingerprint density at radius 2 is 1.56 bits per heavy atom. The van der Waals surface area contributed by atoms with E-state index < -0.39 is 88.1 Å². The van der Waals surface area contributed by atoms with Crippen molar-refractivity contribution >= 4 is 29.7 Å². The Morgan fingerprint density at radius 3 is 2.09 bits per heavy atom. The molecule has 3 aliphatic carbocycles. The molecule has 9 atom stereocenters. The Balaban J connectivity index is 1.86. The van der Waals surface area contributed by atoms with Gasteiger partial charge in [0.15, 0.2) is 17.5 Å². The highest BCUT2D eigenvalue weighted by Gasteiger charge is 2.78. The van der Waals surface area contributed by atoms with Gasteiger partial charge in [0.05, 0.1) is 29.6 Å². The van der Waals surface area contributed by atoms with Crippen molar-refractivity contribution in [3.63, 3.8) is 0 Å². The molecule has 0 aromatic heterocycles. The first-order chi connectivity index (χ1) is 20.9. The van der Waals surface area contributed by atoms with Crippen molar-refractivity contribution < 1.29 is 57.9 Å². The van der Waals surface area contributed by atoms with Crippen LogP contribution in [0.2, 0.25) is 0 Å². The van der Waals surface area contributed by atoms with E-state index in [9.17, 15) is 34.2 Å². The first kappa shape index (κ1) is 32.8. The number of ketones is 1. The van der Waals surface area contributed by atoms with Crippen LogP contribution in [0.4, 0.5) is 0 Å². The van der Waals surface area contributed by atoms with Crippen LogP contribution in [0.25, 0.3) is 0 Å². The second-order valence-corrected chi connectivity index (χ2v) is 13.4. The van der Waals surface area contributed by atoms with Gasteiger partial charge in [-0.15, -0.1) is 0 Å². The molecule has 2 bridgehead atoms. The Labute approximate surface area is 261 Å². The summed E-state index contributed by atoms with van der Waals surface area (Å²) in [6.07, 6.45) is -7.20. The van der Waals surface area contributed by atoms with Crippen LogP contribution < -0.4 is 0 Å². The maximum absolute atomic E-state index is 15.0. The van der Waals surface area contributed by atoms with Crippen LogP contribution in [-0.2, 0) is 42.9 Å². The number of Topliss-reactive ketones (excluding diaryl/α,β-unsaturated/α-hetero) is 1. The van der Waals surface area contributed by atoms with Gasteiger partial charge in [0.1, 0.15) is 23.9 Å². The molecule has 4 aliphatic rings. The van der Waals surface area contributed by atoms with Gasteiger partial charge in [-0.3, -0.25) is 19.2 Å². The summed E-state index contributed by atoms with van der Waals surface area (Å²) in [5.74, 6) is -5.20. The van der Waals surface area contributed by atoms with E-state index in [0.29, 0.717) is 5.57 Å². The molecule has 12 nitrogen and oxygen atoms in total. The summed E-state index contributed by atoms with van der Waals surface area (Å²) in [4.78, 5) is 66.3. The first-order valence-electron chi connectivity index (χ1n) is 15.0. The lowest BCUT2D eigenvalue weighted by Crippen LogP contribution is -2.82. The van der Waals surface area contributed by atoms with Crippen molar-refractivity contribution in [2.75, 3.05) is 6.61 Å². The van der Waals surface area contributed by atoms with Gasteiger partial charge < -0.3 is 33.9 Å². The number of carbonyl (C=O) groups is 5. The minimum atomic E-state index is -2.15. The Hall–Kier alpha value is -3.61. The van der Waals surface area contributed by atoms with Crippen molar-refractivity contribution in [3.05, 3.63) is 47.0 Å². The smallest absolute Gasteiger partial charge is 0.338 e. The maximum Gasteiger partial charge on any atom is 0.338 e. The number of esters is 4. The van der Waals surface area contributed by atoms with Crippen LogP contribution in [0, 0.1) is 16.7 Å². The highest BCUT2D eigenvalue weighted by Crippen LogP contribution is 2.64. The monoisotopic (exact) mass is 628 g/mol. The fourth-order valence-corrected chi connectivity index (χ4v) is 8.22. The molecule has 3 fully saturated rings. The highest BCUT2D eigenvalue weighted by atomic mass is 16.6. The molecule has 2 N–H and O–H groups in total. The molecule has 45 heavy (non-hydrogen) atoms. The van der Waals surface area contributed by atoms with Crippen molar-refractivity contribution in [1.82, 2.24) is 0 Å². The zero-order valence-corrected chi connectivity index (χ0v) is 26.4. The van der Waals surface area contributed by atoms with E-state index in [1.54, 1.807) is 39.0 Å². The lowest BCUT2D eigenvalue weighted by atomic mass is 9.44. The molecule has 0 spiro atoms. The zero-order chi connectivity index (χ0) is 33.3. The molecule has 1 heterocycles. The second kappa shape index (κ2) is 11.0. The minimum Gasteiger partial charge on any atom is -0.458 e. The highest BCUT2D eigenvalue weighted by molar-refractivity contribution is 5.95. The summed E-state index contributed by atoms with van der Waals surface area (Å²) >= 11 is 0. The number of aliphatic hydroxyl groups is 2. The van der Waals surface area contributed by atoms with Crippen molar-refractivity contribution in [2.24, 2.45) is 16.7 Å². The minimum absolute atomic E-state index is 0.131. The fraction of sp³-hybridized carbons (Fsp3) is 0.606. The van der Waals surface area contributed by atoms with E-state index in [0.717, 1.165) is 6.92 Å². The Kier molecular flexibility index (Phi) is 8.03. The topological polar surface area (TPSA) is 172 Å². The zero-order valence-electron chi connectivity index (χ0n) is 26.4. The number of hydrogen-bond donors (Lipinski definition) is 2. The molecule has 0 radical (unpaired) electrons. The lowest BCUT2D eigenvalue weighted by Gasteiger charge is -2.67. The molecule has 1 aliphatic heterocycles. The number of benzene rings is 1. The van der Waals surface area contributed by atoms with Crippen LogP contribution in [0.1, 0.15) is 71.7 Å². The second-order valence-electron chi connectivity index (χ2n) is 13.4. The molecule has 244 valence electrons. The van der Waals surface area contributed by atoms with E-state index in [2.05, 4.69) is 0 Å². The van der Waals surface area contributed by atoms with Crippen LogP contribution >= 0.6 is 0 Å². The molecule has 2 saturated carbocycles.